The molecule has 0 aliphatic carbocycles. The number of allylic oxidation sites excluding steroid dienone is 1. The van der Waals surface area contributed by atoms with E-state index >= 15 is 0 Å². The van der Waals surface area contributed by atoms with E-state index in [0.717, 1.165) is 18.8 Å². The summed E-state index contributed by atoms with van der Waals surface area (Å²) in [6.45, 7) is 19.0. The Hall–Kier alpha value is -3.70. The molecule has 1 aromatic carbocycles. The van der Waals surface area contributed by atoms with Crippen molar-refractivity contribution in [2.45, 2.75) is 96.6 Å². The minimum absolute atomic E-state index is 0.126. The van der Waals surface area contributed by atoms with Gasteiger partial charge in [-0.3, -0.25) is 19.2 Å². The van der Waals surface area contributed by atoms with Crippen LogP contribution in [0.25, 0.3) is 0 Å². The number of esters is 1. The van der Waals surface area contributed by atoms with Gasteiger partial charge in [-0.1, -0.05) is 32.4 Å². The number of anilines is 2. The first-order chi connectivity index (χ1) is 23.0. The number of hydrogen-bond donors (Lipinski definition) is 2. The Bertz CT molecular complexity index is 1330. The van der Waals surface area contributed by atoms with Crippen molar-refractivity contribution < 1.29 is 33.8 Å². The topological polar surface area (TPSA) is 129 Å². The van der Waals surface area contributed by atoms with Crippen LogP contribution in [0, 0.1) is 17.8 Å². The molecule has 1 spiro atoms. The number of fused-ring (bicyclic) bond motifs is 1. The number of ether oxygens (including phenoxy) is 2. The Morgan fingerprint density at radius 2 is 1.79 bits per heavy atom. The molecule has 2 N–H and O–H groups in total. The van der Waals surface area contributed by atoms with Crippen molar-refractivity contribution in [1.29, 1.82) is 0 Å². The molecule has 3 aliphatic heterocycles. The van der Waals surface area contributed by atoms with Crippen LogP contribution in [-0.2, 0) is 28.7 Å². The van der Waals surface area contributed by atoms with Gasteiger partial charge >= 0.3 is 5.97 Å². The predicted molar refractivity (Wildman–Crippen MR) is 185 cm³/mol. The Labute approximate surface area is 285 Å². The zero-order valence-corrected chi connectivity index (χ0v) is 29.2. The number of aliphatic hydroxyl groups excluding tert-OH is 1. The molecule has 8 atom stereocenters. The number of nitrogens with zero attached hydrogens (tertiary/aromatic N) is 3. The number of amides is 3. The van der Waals surface area contributed by atoms with E-state index in [0.29, 0.717) is 31.4 Å². The molecule has 11 nitrogen and oxygen atoms in total. The maximum Gasteiger partial charge on any atom is 0.312 e. The van der Waals surface area contributed by atoms with Crippen LogP contribution in [0.15, 0.2) is 49.6 Å². The van der Waals surface area contributed by atoms with Crippen LogP contribution in [0.1, 0.15) is 66.7 Å². The predicted octanol–water partition coefficient (Wildman–Crippen LogP) is 3.85. The summed E-state index contributed by atoms with van der Waals surface area (Å²) in [4.78, 5) is 60.7. The van der Waals surface area contributed by atoms with Gasteiger partial charge in [0.15, 0.2) is 0 Å². The van der Waals surface area contributed by atoms with Crippen LogP contribution in [-0.4, -0.2) is 96.4 Å². The average molecular weight is 667 g/mol. The molecule has 3 amide bonds. The van der Waals surface area contributed by atoms with E-state index < -0.39 is 47.7 Å². The highest BCUT2D eigenvalue weighted by Crippen LogP contribution is 2.59. The van der Waals surface area contributed by atoms with E-state index in [1.807, 2.05) is 38.1 Å². The van der Waals surface area contributed by atoms with Gasteiger partial charge in [0.2, 0.25) is 11.8 Å². The van der Waals surface area contributed by atoms with Crippen molar-refractivity contribution in [1.82, 2.24) is 10.2 Å². The molecule has 1 aromatic rings. The lowest BCUT2D eigenvalue weighted by atomic mass is 9.70. The largest absolute Gasteiger partial charge is 0.460 e. The molecule has 2 bridgehead atoms. The third-order valence-corrected chi connectivity index (χ3v) is 10.4. The minimum atomic E-state index is -1.26. The third-order valence-electron chi connectivity index (χ3n) is 10.4. The molecular weight excluding hydrogens is 612 g/mol. The van der Waals surface area contributed by atoms with E-state index in [9.17, 15) is 24.3 Å². The fourth-order valence-corrected chi connectivity index (χ4v) is 7.74. The second kappa shape index (κ2) is 16.1. The molecule has 3 heterocycles. The summed E-state index contributed by atoms with van der Waals surface area (Å²) in [7, 11) is 0. The van der Waals surface area contributed by atoms with Gasteiger partial charge in [0.25, 0.3) is 5.91 Å². The molecule has 4 rings (SSSR count). The van der Waals surface area contributed by atoms with Crippen molar-refractivity contribution in [3.05, 3.63) is 49.6 Å². The van der Waals surface area contributed by atoms with Gasteiger partial charge in [-0.25, -0.2) is 0 Å². The van der Waals surface area contributed by atoms with Crippen LogP contribution in [0.5, 0.6) is 0 Å². The lowest BCUT2D eigenvalue weighted by Crippen LogP contribution is -2.60. The van der Waals surface area contributed by atoms with Crippen molar-refractivity contribution in [2.24, 2.45) is 17.8 Å². The molecule has 3 saturated heterocycles. The number of hydrogen-bond acceptors (Lipinski definition) is 8. The average Bonchev–Trinajstić information content (AvgIpc) is 3.73. The van der Waals surface area contributed by atoms with Crippen LogP contribution in [0.3, 0.4) is 0 Å². The first kappa shape index (κ1) is 37.1. The van der Waals surface area contributed by atoms with E-state index in [2.05, 4.69) is 37.2 Å². The van der Waals surface area contributed by atoms with Gasteiger partial charge < -0.3 is 34.6 Å². The highest BCUT2D eigenvalue weighted by Gasteiger charge is 2.76. The normalized spacial score (nSPS) is 26.0. The van der Waals surface area contributed by atoms with E-state index in [4.69, 9.17) is 9.47 Å². The molecular formula is C37H54N4O7. The Morgan fingerprint density at radius 1 is 1.12 bits per heavy atom. The second-order valence-electron chi connectivity index (χ2n) is 13.2. The number of carbonyl (C=O) groups excluding carboxylic acids is 4. The number of benzene rings is 1. The zero-order chi connectivity index (χ0) is 35.2. The fourth-order valence-electron chi connectivity index (χ4n) is 7.74. The highest BCUT2D eigenvalue weighted by atomic mass is 16.6. The number of likely N-dealkylation sites (tertiary alicyclic amines) is 1. The number of rotatable bonds is 18. The van der Waals surface area contributed by atoms with Gasteiger partial charge in [-0.2, -0.15) is 0 Å². The summed E-state index contributed by atoms with van der Waals surface area (Å²) in [5.41, 5.74) is 0.430. The van der Waals surface area contributed by atoms with Crippen LogP contribution >= 0.6 is 0 Å². The summed E-state index contributed by atoms with van der Waals surface area (Å²) in [5, 5.41) is 13.4. The molecule has 0 aromatic heterocycles. The minimum Gasteiger partial charge on any atom is -0.460 e. The fraction of sp³-hybridized carbons (Fsp3) is 0.622. The SMILES string of the molecule is C=CCCC(=O)NC[C@H](C)OC(=O)[C@@H]1[C@@H]2CC[C@]3(O2)[C@H](C(=O)N(CC=C)c2ccc(N(CC)CC)cc2)N([C@@H](CO)[C@@H](C)CC)C(=O)[C@@H]13. The van der Waals surface area contributed by atoms with Gasteiger partial charge in [0, 0.05) is 37.4 Å². The number of nitrogens with one attached hydrogen (secondary N) is 1. The summed E-state index contributed by atoms with van der Waals surface area (Å²) >= 11 is 0. The molecule has 11 heteroatoms. The summed E-state index contributed by atoms with van der Waals surface area (Å²) < 4.78 is 12.4. The van der Waals surface area contributed by atoms with Gasteiger partial charge in [0.1, 0.15) is 17.7 Å². The molecule has 0 saturated carbocycles. The number of aliphatic hydroxyl groups is 1. The third kappa shape index (κ3) is 7.03. The lowest BCUT2D eigenvalue weighted by Gasteiger charge is -2.41. The monoisotopic (exact) mass is 666 g/mol. The highest BCUT2D eigenvalue weighted by molar-refractivity contribution is 6.05. The van der Waals surface area contributed by atoms with Gasteiger partial charge in [-0.15, -0.1) is 13.2 Å². The maximum absolute atomic E-state index is 14.9. The van der Waals surface area contributed by atoms with Crippen LogP contribution in [0.2, 0.25) is 0 Å². The second-order valence-corrected chi connectivity index (χ2v) is 13.2. The molecule has 0 unspecified atom stereocenters. The van der Waals surface area contributed by atoms with E-state index in [1.165, 1.54) is 4.90 Å². The van der Waals surface area contributed by atoms with E-state index in [-0.39, 0.29) is 49.8 Å². The Balaban J connectivity index is 1.68. The molecule has 0 radical (unpaired) electrons. The van der Waals surface area contributed by atoms with Gasteiger partial charge in [0.05, 0.1) is 37.1 Å². The molecule has 3 fully saturated rings. The summed E-state index contributed by atoms with van der Waals surface area (Å²) in [6, 6.07) is 6.03. The molecule has 3 aliphatic rings. The standard InChI is InChI=1S/C37H54N4O7/c1-8-13-14-30(43)38-22-25(7)47-36(46)31-29-19-20-37(48-29)32(31)34(44)41(28(23-42)24(6)10-3)33(37)35(45)40(21-9-2)27-17-15-26(16-18-27)39(11-4)12-5/h8-9,15-18,24-25,28-29,31-33,42H,1-2,10-14,19-23H2,3-7H3,(H,38,43)/t24-,25-,28-,29-,31+,32+,33-,37+/m0/s1. The van der Waals surface area contributed by atoms with Crippen LogP contribution in [0.4, 0.5) is 11.4 Å². The van der Waals surface area contributed by atoms with Crippen molar-refractivity contribution in [2.75, 3.05) is 42.6 Å². The maximum atomic E-state index is 14.9. The lowest BCUT2D eigenvalue weighted by molar-refractivity contribution is -0.160. The zero-order valence-electron chi connectivity index (χ0n) is 29.2. The van der Waals surface area contributed by atoms with E-state index in [1.54, 1.807) is 24.0 Å². The molecule has 264 valence electrons. The Morgan fingerprint density at radius 3 is 2.38 bits per heavy atom. The summed E-state index contributed by atoms with van der Waals surface area (Å²) in [6.07, 6.45) is 4.49. The Kier molecular flexibility index (Phi) is 12.5. The number of carbonyl (C=O) groups is 4. The van der Waals surface area contributed by atoms with Gasteiger partial charge in [-0.05, 0) is 70.2 Å². The van der Waals surface area contributed by atoms with Crippen molar-refractivity contribution in [3.63, 3.8) is 0 Å². The van der Waals surface area contributed by atoms with Crippen LogP contribution < -0.4 is 15.1 Å². The smallest absolute Gasteiger partial charge is 0.312 e. The summed E-state index contributed by atoms with van der Waals surface area (Å²) in [5.74, 6) is -3.46. The molecule has 48 heavy (non-hydrogen) atoms. The quantitative estimate of drug-likeness (QED) is 0.179. The van der Waals surface area contributed by atoms with Crippen molar-refractivity contribution in [3.8, 4) is 0 Å². The first-order valence-electron chi connectivity index (χ1n) is 17.5. The van der Waals surface area contributed by atoms with Crippen molar-refractivity contribution >= 4 is 35.1 Å². The first-order valence-corrected chi connectivity index (χ1v) is 17.5.